The Labute approximate surface area is 81.5 Å². The molecule has 0 aromatic carbocycles. The minimum atomic E-state index is 0.373. The van der Waals surface area contributed by atoms with Crippen molar-refractivity contribution in [2.75, 3.05) is 6.61 Å². The summed E-state index contributed by atoms with van der Waals surface area (Å²) in [6.07, 6.45) is 2.67. The van der Waals surface area contributed by atoms with Crippen LogP contribution in [0.2, 0.25) is 0 Å². The smallest absolute Gasteiger partial charge is 0.0467 e. The van der Waals surface area contributed by atoms with Crippen LogP contribution in [0, 0.1) is 28.6 Å². The van der Waals surface area contributed by atoms with Gasteiger partial charge in [-0.1, -0.05) is 27.7 Å². The molecule has 0 spiro atoms. The number of aliphatic hydroxyl groups excluding tert-OH is 1. The van der Waals surface area contributed by atoms with Crippen molar-refractivity contribution >= 4 is 0 Å². The summed E-state index contributed by atoms with van der Waals surface area (Å²) in [6.45, 7) is 9.78. The van der Waals surface area contributed by atoms with Crippen LogP contribution in [0.4, 0.5) is 0 Å². The summed E-state index contributed by atoms with van der Waals surface area (Å²) < 4.78 is 0. The zero-order valence-corrected chi connectivity index (χ0v) is 9.30. The van der Waals surface area contributed by atoms with E-state index in [-0.39, 0.29) is 0 Å². The fourth-order valence-corrected chi connectivity index (χ4v) is 3.79. The van der Waals surface area contributed by atoms with Crippen molar-refractivity contribution in [1.29, 1.82) is 0 Å². The zero-order valence-electron chi connectivity index (χ0n) is 9.30. The summed E-state index contributed by atoms with van der Waals surface area (Å²) in [5.41, 5.74) is 0.876. The first-order valence-corrected chi connectivity index (χ1v) is 5.50. The molecule has 2 bridgehead atoms. The molecular weight excluding hydrogens is 160 g/mol. The summed E-state index contributed by atoms with van der Waals surface area (Å²) in [6, 6.07) is 0. The number of fused-ring (bicyclic) bond motifs is 2. The molecule has 76 valence electrons. The molecular formula is C12H22O. The first kappa shape index (κ1) is 9.51. The van der Waals surface area contributed by atoms with Gasteiger partial charge in [0, 0.05) is 6.61 Å². The van der Waals surface area contributed by atoms with Crippen LogP contribution in [0.1, 0.15) is 40.5 Å². The van der Waals surface area contributed by atoms with Gasteiger partial charge in [-0.3, -0.25) is 0 Å². The molecule has 0 amide bonds. The molecule has 3 rings (SSSR count). The van der Waals surface area contributed by atoms with E-state index < -0.39 is 0 Å². The van der Waals surface area contributed by atoms with E-state index in [4.69, 9.17) is 0 Å². The van der Waals surface area contributed by atoms with Crippen LogP contribution < -0.4 is 0 Å². The van der Waals surface area contributed by atoms with Gasteiger partial charge in [0.25, 0.3) is 0 Å². The van der Waals surface area contributed by atoms with Gasteiger partial charge in [0.2, 0.25) is 0 Å². The van der Waals surface area contributed by atoms with Crippen molar-refractivity contribution < 1.29 is 5.11 Å². The first-order valence-electron chi connectivity index (χ1n) is 5.50. The molecule has 0 saturated heterocycles. The Morgan fingerprint density at radius 2 is 1.85 bits per heavy atom. The van der Waals surface area contributed by atoms with Crippen LogP contribution in [-0.2, 0) is 0 Å². The van der Waals surface area contributed by atoms with Gasteiger partial charge in [0.1, 0.15) is 0 Å². The van der Waals surface area contributed by atoms with Crippen molar-refractivity contribution in [1.82, 2.24) is 0 Å². The average molecular weight is 182 g/mol. The molecule has 1 heteroatoms. The summed E-state index contributed by atoms with van der Waals surface area (Å²) in [5.74, 6) is 2.22. The molecule has 0 heterocycles. The fourth-order valence-electron chi connectivity index (χ4n) is 3.79. The molecule has 0 aromatic rings. The van der Waals surface area contributed by atoms with E-state index in [1.54, 1.807) is 0 Å². The maximum atomic E-state index is 9.45. The van der Waals surface area contributed by atoms with Crippen molar-refractivity contribution in [2.45, 2.75) is 40.5 Å². The average Bonchev–Trinajstić information content (AvgIpc) is 2.02. The van der Waals surface area contributed by atoms with Gasteiger partial charge in [-0.15, -0.1) is 0 Å². The topological polar surface area (TPSA) is 20.2 Å². The molecule has 0 aromatic heterocycles. The number of hydrogen-bond acceptors (Lipinski definition) is 1. The van der Waals surface area contributed by atoms with Gasteiger partial charge in [0.15, 0.2) is 0 Å². The van der Waals surface area contributed by atoms with Gasteiger partial charge in [-0.2, -0.15) is 0 Å². The van der Waals surface area contributed by atoms with Crippen LogP contribution in [-0.4, -0.2) is 11.7 Å². The van der Waals surface area contributed by atoms with E-state index in [1.807, 2.05) is 0 Å². The maximum absolute atomic E-state index is 9.45. The third-order valence-electron chi connectivity index (χ3n) is 5.00. The van der Waals surface area contributed by atoms with Crippen molar-refractivity contribution in [3.8, 4) is 0 Å². The van der Waals surface area contributed by atoms with E-state index in [0.29, 0.717) is 23.4 Å². The number of aliphatic hydroxyl groups is 1. The molecule has 0 aliphatic heterocycles. The van der Waals surface area contributed by atoms with E-state index in [1.165, 1.54) is 12.8 Å². The Morgan fingerprint density at radius 3 is 2.23 bits per heavy atom. The maximum Gasteiger partial charge on any atom is 0.0467 e. The Balaban J connectivity index is 2.23. The third-order valence-corrected chi connectivity index (χ3v) is 5.00. The summed E-state index contributed by atoms with van der Waals surface area (Å²) in [4.78, 5) is 0. The molecule has 0 radical (unpaired) electrons. The van der Waals surface area contributed by atoms with Crippen molar-refractivity contribution in [3.63, 3.8) is 0 Å². The molecule has 3 aliphatic carbocycles. The fraction of sp³-hybridized carbons (Fsp3) is 1.00. The predicted octanol–water partition coefficient (Wildman–Crippen LogP) is 2.69. The molecule has 3 fully saturated rings. The third kappa shape index (κ3) is 1.09. The SMILES string of the molecule is CC1(C)C[C@H]2C[C@@H]([C@@H]1CO)C2(C)C. The standard InChI is InChI=1S/C12H22O/c1-11(2)6-8-5-9(10(11)7-13)12(8,3)4/h8-10,13H,5-7H2,1-4H3/t8-,9+,10+/m1/s1. The lowest BCUT2D eigenvalue weighted by Crippen LogP contribution is -2.59. The van der Waals surface area contributed by atoms with Crippen molar-refractivity contribution in [2.24, 2.45) is 28.6 Å². The van der Waals surface area contributed by atoms with Crippen molar-refractivity contribution in [3.05, 3.63) is 0 Å². The van der Waals surface area contributed by atoms with E-state index in [2.05, 4.69) is 27.7 Å². The van der Waals surface area contributed by atoms with Crippen LogP contribution in [0.3, 0.4) is 0 Å². The summed E-state index contributed by atoms with van der Waals surface area (Å²) >= 11 is 0. The van der Waals surface area contributed by atoms with Crippen LogP contribution in [0.15, 0.2) is 0 Å². The highest BCUT2D eigenvalue weighted by molar-refractivity contribution is 5.08. The summed E-state index contributed by atoms with van der Waals surface area (Å²) in [7, 11) is 0. The zero-order chi connectivity index (χ0) is 9.85. The highest BCUT2D eigenvalue weighted by atomic mass is 16.3. The normalized spacial score (nSPS) is 45.5. The molecule has 1 N–H and O–H groups in total. The first-order chi connectivity index (χ1) is 5.89. The second-order valence-corrected chi connectivity index (χ2v) is 6.34. The number of hydrogen-bond donors (Lipinski definition) is 1. The van der Waals surface area contributed by atoms with E-state index >= 15 is 0 Å². The van der Waals surface area contributed by atoms with Crippen LogP contribution >= 0.6 is 0 Å². The van der Waals surface area contributed by atoms with Gasteiger partial charge in [0.05, 0.1) is 0 Å². The Hall–Kier alpha value is -0.0400. The second kappa shape index (κ2) is 2.50. The Kier molecular flexibility index (Phi) is 1.83. The largest absolute Gasteiger partial charge is 0.396 e. The highest BCUT2D eigenvalue weighted by Crippen LogP contribution is 2.66. The Morgan fingerprint density at radius 1 is 1.23 bits per heavy atom. The van der Waals surface area contributed by atoms with E-state index in [0.717, 1.165) is 11.8 Å². The summed E-state index contributed by atoms with van der Waals surface area (Å²) in [5, 5.41) is 9.45. The molecule has 3 atom stereocenters. The number of rotatable bonds is 1. The predicted molar refractivity (Wildman–Crippen MR) is 54.4 cm³/mol. The molecule has 13 heavy (non-hydrogen) atoms. The lowest BCUT2D eigenvalue weighted by Gasteiger charge is -2.65. The second-order valence-electron chi connectivity index (χ2n) is 6.34. The highest BCUT2D eigenvalue weighted by Gasteiger charge is 2.59. The van der Waals surface area contributed by atoms with Gasteiger partial charge < -0.3 is 5.11 Å². The molecule has 0 unspecified atom stereocenters. The lowest BCUT2D eigenvalue weighted by atomic mass is 9.40. The minimum absolute atomic E-state index is 0.373. The Bertz CT molecular complexity index is 217. The van der Waals surface area contributed by atoms with Crippen LogP contribution in [0.25, 0.3) is 0 Å². The van der Waals surface area contributed by atoms with Gasteiger partial charge >= 0.3 is 0 Å². The quantitative estimate of drug-likeness (QED) is 0.661. The molecule has 3 aliphatic rings. The monoisotopic (exact) mass is 182 g/mol. The van der Waals surface area contributed by atoms with E-state index in [9.17, 15) is 5.11 Å². The van der Waals surface area contributed by atoms with Gasteiger partial charge in [-0.05, 0) is 41.4 Å². The molecule has 3 saturated carbocycles. The lowest BCUT2D eigenvalue weighted by molar-refractivity contribution is -0.174. The minimum Gasteiger partial charge on any atom is -0.396 e. The van der Waals surface area contributed by atoms with Crippen LogP contribution in [0.5, 0.6) is 0 Å². The molecule has 1 nitrogen and oxygen atoms in total. The van der Waals surface area contributed by atoms with Gasteiger partial charge in [-0.25, -0.2) is 0 Å².